The molecule has 0 aliphatic heterocycles. The van der Waals surface area contributed by atoms with Crippen LogP contribution in [-0.4, -0.2) is 12.6 Å². The lowest BCUT2D eigenvalue weighted by Gasteiger charge is -2.03. The predicted molar refractivity (Wildman–Crippen MR) is 73.0 cm³/mol. The van der Waals surface area contributed by atoms with Gasteiger partial charge in [-0.1, -0.05) is 50.8 Å². The predicted octanol–water partition coefficient (Wildman–Crippen LogP) is 4.71. The highest BCUT2D eigenvalue weighted by Crippen LogP contribution is 2.09. The van der Waals surface area contributed by atoms with E-state index in [9.17, 15) is 9.18 Å². The molecule has 0 heterocycles. The molecule has 0 atom stereocenters. The van der Waals surface area contributed by atoms with E-state index in [1.54, 1.807) is 0 Å². The van der Waals surface area contributed by atoms with Crippen LogP contribution in [0.2, 0.25) is 0 Å². The van der Waals surface area contributed by atoms with Gasteiger partial charge < -0.3 is 4.74 Å². The van der Waals surface area contributed by atoms with Crippen molar-refractivity contribution in [3.8, 4) is 0 Å². The Labute approximate surface area is 110 Å². The van der Waals surface area contributed by atoms with E-state index >= 15 is 0 Å². The molecule has 0 bridgehead atoms. The SMILES string of the molecule is C=C(F)C(=O)OCCCCCCCCC/C=C/C. The summed E-state index contributed by atoms with van der Waals surface area (Å²) >= 11 is 0. The van der Waals surface area contributed by atoms with Crippen LogP contribution in [0.15, 0.2) is 24.6 Å². The molecule has 0 spiro atoms. The molecule has 0 saturated heterocycles. The van der Waals surface area contributed by atoms with Crippen LogP contribution in [-0.2, 0) is 9.53 Å². The summed E-state index contributed by atoms with van der Waals surface area (Å²) < 4.78 is 16.9. The second-order valence-corrected chi connectivity index (χ2v) is 4.37. The maximum atomic E-state index is 12.2. The van der Waals surface area contributed by atoms with Crippen LogP contribution in [0.5, 0.6) is 0 Å². The smallest absolute Gasteiger partial charge is 0.366 e. The van der Waals surface area contributed by atoms with Crippen molar-refractivity contribution in [3.63, 3.8) is 0 Å². The summed E-state index contributed by atoms with van der Waals surface area (Å²) in [6.45, 7) is 5.22. The minimum absolute atomic E-state index is 0.295. The Kier molecular flexibility index (Phi) is 11.6. The van der Waals surface area contributed by atoms with Gasteiger partial charge >= 0.3 is 5.97 Å². The number of unbranched alkanes of at least 4 members (excludes halogenated alkanes) is 7. The number of ether oxygens (including phenoxy) is 1. The van der Waals surface area contributed by atoms with Gasteiger partial charge in [0.25, 0.3) is 0 Å². The highest BCUT2D eigenvalue weighted by atomic mass is 19.1. The van der Waals surface area contributed by atoms with Crippen molar-refractivity contribution in [2.24, 2.45) is 0 Å². The highest BCUT2D eigenvalue weighted by molar-refractivity contribution is 5.85. The van der Waals surface area contributed by atoms with Gasteiger partial charge in [0.15, 0.2) is 0 Å². The topological polar surface area (TPSA) is 26.3 Å². The van der Waals surface area contributed by atoms with Gasteiger partial charge in [-0.15, -0.1) is 0 Å². The van der Waals surface area contributed by atoms with Crippen molar-refractivity contribution < 1.29 is 13.9 Å². The molecule has 0 unspecified atom stereocenters. The Morgan fingerprint density at radius 2 is 1.67 bits per heavy atom. The third-order valence-electron chi connectivity index (χ3n) is 2.71. The van der Waals surface area contributed by atoms with E-state index in [4.69, 9.17) is 0 Å². The minimum Gasteiger partial charge on any atom is -0.460 e. The van der Waals surface area contributed by atoms with Gasteiger partial charge in [0.2, 0.25) is 5.83 Å². The number of halogens is 1. The molecular weight excluding hydrogens is 231 g/mol. The van der Waals surface area contributed by atoms with Crippen molar-refractivity contribution in [3.05, 3.63) is 24.6 Å². The summed E-state index contributed by atoms with van der Waals surface area (Å²) in [7, 11) is 0. The fourth-order valence-electron chi connectivity index (χ4n) is 1.66. The van der Waals surface area contributed by atoms with Crippen molar-refractivity contribution in [1.29, 1.82) is 0 Å². The molecule has 0 aromatic rings. The molecule has 0 aliphatic rings. The molecule has 104 valence electrons. The molecule has 0 rings (SSSR count). The molecule has 0 N–H and O–H groups in total. The number of carbonyl (C=O) groups is 1. The maximum Gasteiger partial charge on any atom is 0.366 e. The van der Waals surface area contributed by atoms with Crippen LogP contribution < -0.4 is 0 Å². The molecular formula is C15H25FO2. The summed E-state index contributed by atoms with van der Waals surface area (Å²) in [5, 5.41) is 0. The molecule has 0 radical (unpaired) electrons. The van der Waals surface area contributed by atoms with Gasteiger partial charge in [0, 0.05) is 0 Å². The van der Waals surface area contributed by atoms with Gasteiger partial charge in [0.05, 0.1) is 6.61 Å². The number of carbonyl (C=O) groups excluding carboxylic acids is 1. The number of allylic oxidation sites excluding steroid dienone is 2. The standard InChI is InChI=1S/C15H25FO2/c1-3-4-5-6-7-8-9-10-11-12-13-18-15(17)14(2)16/h3-4H,2,5-13H2,1H3/b4-3+. The Balaban J connectivity index is 3.12. The first kappa shape index (κ1) is 16.9. The molecule has 0 aromatic heterocycles. The summed E-state index contributed by atoms with van der Waals surface area (Å²) in [6.07, 6.45) is 13.5. The van der Waals surface area contributed by atoms with Crippen LogP contribution in [0.4, 0.5) is 4.39 Å². The second-order valence-electron chi connectivity index (χ2n) is 4.37. The average Bonchev–Trinajstić information content (AvgIpc) is 2.35. The quantitative estimate of drug-likeness (QED) is 0.231. The normalized spacial score (nSPS) is 10.8. The summed E-state index contributed by atoms with van der Waals surface area (Å²) in [4.78, 5) is 10.7. The van der Waals surface area contributed by atoms with Crippen molar-refractivity contribution in [2.45, 2.75) is 58.3 Å². The number of rotatable bonds is 11. The third kappa shape index (κ3) is 11.4. The largest absolute Gasteiger partial charge is 0.460 e. The first-order chi connectivity index (χ1) is 8.68. The molecule has 2 nitrogen and oxygen atoms in total. The van der Waals surface area contributed by atoms with Crippen LogP contribution in [0, 0.1) is 0 Å². The summed E-state index contributed by atoms with van der Waals surface area (Å²) in [6, 6.07) is 0. The van der Waals surface area contributed by atoms with Crippen LogP contribution in [0.25, 0.3) is 0 Å². The van der Waals surface area contributed by atoms with E-state index in [1.807, 2.05) is 6.92 Å². The molecule has 0 fully saturated rings. The Bertz CT molecular complexity index is 259. The molecule has 18 heavy (non-hydrogen) atoms. The van der Waals surface area contributed by atoms with Crippen molar-refractivity contribution >= 4 is 5.97 Å². The monoisotopic (exact) mass is 256 g/mol. The van der Waals surface area contributed by atoms with Crippen molar-refractivity contribution in [2.75, 3.05) is 6.61 Å². The lowest BCUT2D eigenvalue weighted by atomic mass is 10.1. The van der Waals surface area contributed by atoms with Gasteiger partial charge in [-0.05, 0) is 26.2 Å². The zero-order valence-electron chi connectivity index (χ0n) is 11.4. The van der Waals surface area contributed by atoms with Crippen LogP contribution in [0.1, 0.15) is 58.3 Å². The van der Waals surface area contributed by atoms with E-state index in [1.165, 1.54) is 32.1 Å². The van der Waals surface area contributed by atoms with Crippen LogP contribution >= 0.6 is 0 Å². The summed E-state index contributed by atoms with van der Waals surface area (Å²) in [5.74, 6) is -1.95. The third-order valence-corrected chi connectivity index (χ3v) is 2.71. The van der Waals surface area contributed by atoms with Crippen LogP contribution in [0.3, 0.4) is 0 Å². The Hall–Kier alpha value is -1.12. The van der Waals surface area contributed by atoms with E-state index in [0.29, 0.717) is 6.61 Å². The van der Waals surface area contributed by atoms with Gasteiger partial charge in [0.1, 0.15) is 0 Å². The van der Waals surface area contributed by atoms with E-state index in [-0.39, 0.29) is 0 Å². The number of esters is 1. The minimum atomic E-state index is -1.02. The first-order valence-corrected chi connectivity index (χ1v) is 6.81. The molecule has 0 aliphatic carbocycles. The van der Waals surface area contributed by atoms with Gasteiger partial charge in [-0.25, -0.2) is 4.79 Å². The van der Waals surface area contributed by atoms with Gasteiger partial charge in [-0.3, -0.25) is 0 Å². The van der Waals surface area contributed by atoms with Gasteiger partial charge in [-0.2, -0.15) is 4.39 Å². The molecule has 3 heteroatoms. The van der Waals surface area contributed by atoms with E-state index in [2.05, 4.69) is 23.5 Å². The first-order valence-electron chi connectivity index (χ1n) is 6.81. The lowest BCUT2D eigenvalue weighted by molar-refractivity contribution is -0.140. The summed E-state index contributed by atoms with van der Waals surface area (Å²) in [5.41, 5.74) is 0. The number of hydrogen-bond donors (Lipinski definition) is 0. The fraction of sp³-hybridized carbons (Fsp3) is 0.667. The Morgan fingerprint density at radius 1 is 1.11 bits per heavy atom. The maximum absolute atomic E-state index is 12.2. The average molecular weight is 256 g/mol. The highest BCUT2D eigenvalue weighted by Gasteiger charge is 2.05. The fourth-order valence-corrected chi connectivity index (χ4v) is 1.66. The lowest BCUT2D eigenvalue weighted by Crippen LogP contribution is -2.05. The molecule has 0 amide bonds. The second kappa shape index (κ2) is 12.3. The van der Waals surface area contributed by atoms with E-state index in [0.717, 1.165) is 19.3 Å². The number of hydrogen-bond acceptors (Lipinski definition) is 2. The molecule has 0 aromatic carbocycles. The molecule has 0 saturated carbocycles. The zero-order chi connectivity index (χ0) is 13.6. The Morgan fingerprint density at radius 3 is 2.22 bits per heavy atom. The van der Waals surface area contributed by atoms with Crippen molar-refractivity contribution in [1.82, 2.24) is 0 Å². The zero-order valence-corrected chi connectivity index (χ0v) is 11.4. The van der Waals surface area contributed by atoms with E-state index < -0.39 is 11.8 Å².